The zero-order valence-electron chi connectivity index (χ0n) is 16.8. The number of nitrogens with zero attached hydrogens (tertiary/aromatic N) is 2. The van der Waals surface area contributed by atoms with Gasteiger partial charge in [-0.25, -0.2) is 9.78 Å². The van der Waals surface area contributed by atoms with Crippen molar-refractivity contribution in [1.29, 1.82) is 0 Å². The average Bonchev–Trinajstić information content (AvgIpc) is 3.03. The molecule has 9 nitrogen and oxygen atoms in total. The number of aromatic nitrogens is 2. The Balaban J connectivity index is 1.46. The number of carbonyl (C=O) groups excluding carboxylic acids is 3. The molecule has 2 heterocycles. The highest BCUT2D eigenvalue weighted by atomic mass is 16.2. The Morgan fingerprint density at radius 1 is 1.06 bits per heavy atom. The van der Waals surface area contributed by atoms with Gasteiger partial charge in [-0.3, -0.25) is 19.8 Å². The van der Waals surface area contributed by atoms with E-state index in [1.807, 2.05) is 6.07 Å². The number of urea groups is 1. The maximum atomic E-state index is 13.0. The number of aromatic amines is 1. The maximum Gasteiger partial charge on any atom is 0.344 e. The number of hydrazine groups is 1. The number of aryl methyl sites for hydroxylation is 1. The van der Waals surface area contributed by atoms with Gasteiger partial charge >= 0.3 is 6.03 Å². The van der Waals surface area contributed by atoms with Gasteiger partial charge in [0, 0.05) is 12.8 Å². The van der Waals surface area contributed by atoms with Crippen molar-refractivity contribution in [2.45, 2.75) is 31.7 Å². The van der Waals surface area contributed by atoms with Crippen LogP contribution < -0.4 is 16.3 Å². The molecule has 158 valence electrons. The van der Waals surface area contributed by atoms with E-state index in [1.54, 1.807) is 55.5 Å². The third kappa shape index (κ3) is 3.65. The smallest absolute Gasteiger partial charge is 0.318 e. The lowest BCUT2D eigenvalue weighted by Gasteiger charge is -2.25. The van der Waals surface area contributed by atoms with Crippen LogP contribution in [0.4, 0.5) is 4.79 Å². The summed E-state index contributed by atoms with van der Waals surface area (Å²) in [6.07, 6.45) is 0.409. The molecule has 0 spiro atoms. The van der Waals surface area contributed by atoms with E-state index in [2.05, 4.69) is 20.7 Å². The highest BCUT2D eigenvalue weighted by molar-refractivity contribution is 6.08. The lowest BCUT2D eigenvalue weighted by atomic mass is 9.87. The molecule has 1 aliphatic rings. The molecule has 9 heteroatoms. The molecule has 3 aromatic rings. The van der Waals surface area contributed by atoms with Gasteiger partial charge in [-0.2, -0.15) is 5.01 Å². The van der Waals surface area contributed by atoms with Crippen LogP contribution >= 0.6 is 0 Å². The molecule has 3 N–H and O–H groups in total. The minimum absolute atomic E-state index is 0.0667. The second-order valence-electron chi connectivity index (χ2n) is 7.26. The molecular formula is C22H21N5O4. The third-order valence-electron chi connectivity index (χ3n) is 5.38. The summed E-state index contributed by atoms with van der Waals surface area (Å²) in [6.45, 7) is 1.79. The molecular weight excluding hydrogens is 398 g/mol. The molecule has 4 rings (SSSR count). The van der Waals surface area contributed by atoms with E-state index in [4.69, 9.17) is 0 Å². The van der Waals surface area contributed by atoms with Crippen LogP contribution in [0.25, 0.3) is 10.9 Å². The molecule has 1 aromatic heterocycles. The van der Waals surface area contributed by atoms with Crippen LogP contribution in [0.15, 0.2) is 59.4 Å². The largest absolute Gasteiger partial charge is 0.344 e. The van der Waals surface area contributed by atoms with Crippen molar-refractivity contribution >= 4 is 28.7 Å². The molecule has 0 aliphatic carbocycles. The quantitative estimate of drug-likeness (QED) is 0.525. The van der Waals surface area contributed by atoms with Gasteiger partial charge in [-0.15, -0.1) is 0 Å². The van der Waals surface area contributed by atoms with Crippen LogP contribution in [0.3, 0.4) is 0 Å². The van der Waals surface area contributed by atoms with Gasteiger partial charge in [-0.05, 0) is 24.1 Å². The molecule has 1 atom stereocenters. The summed E-state index contributed by atoms with van der Waals surface area (Å²) in [5, 5.41) is 3.89. The fourth-order valence-corrected chi connectivity index (χ4v) is 3.70. The number of amides is 4. The Hall–Kier alpha value is -4.01. The molecule has 1 saturated heterocycles. The number of imide groups is 1. The van der Waals surface area contributed by atoms with E-state index in [1.165, 1.54) is 0 Å². The SMILES string of the molecule is CCC1(c2ccccc2)NC(=O)N(NC(=O)CCc2nc3ccccc3c(=O)[nH]2)C1=O. The van der Waals surface area contributed by atoms with E-state index in [0.29, 0.717) is 28.7 Å². The molecule has 31 heavy (non-hydrogen) atoms. The molecule has 0 bridgehead atoms. The average molecular weight is 419 g/mol. The van der Waals surface area contributed by atoms with Crippen LogP contribution in [0.5, 0.6) is 0 Å². The summed E-state index contributed by atoms with van der Waals surface area (Å²) in [4.78, 5) is 57.1. The second-order valence-corrected chi connectivity index (χ2v) is 7.26. The van der Waals surface area contributed by atoms with Crippen molar-refractivity contribution < 1.29 is 14.4 Å². The van der Waals surface area contributed by atoms with Crippen molar-refractivity contribution in [2.75, 3.05) is 0 Å². The number of fused-ring (bicyclic) bond motifs is 1. The number of hydrogen-bond donors (Lipinski definition) is 3. The number of nitrogens with one attached hydrogen (secondary N) is 3. The Kier molecular flexibility index (Phi) is 5.24. The number of rotatable bonds is 6. The first-order valence-corrected chi connectivity index (χ1v) is 9.94. The van der Waals surface area contributed by atoms with Gasteiger partial charge in [0.15, 0.2) is 0 Å². The summed E-state index contributed by atoms with van der Waals surface area (Å²) < 4.78 is 0. The van der Waals surface area contributed by atoms with E-state index < -0.39 is 23.4 Å². The Labute approximate surface area is 177 Å². The van der Waals surface area contributed by atoms with Gasteiger partial charge in [0.25, 0.3) is 11.5 Å². The molecule has 4 amide bonds. The zero-order valence-corrected chi connectivity index (χ0v) is 16.8. The predicted molar refractivity (Wildman–Crippen MR) is 113 cm³/mol. The lowest BCUT2D eigenvalue weighted by Crippen LogP contribution is -2.48. The highest BCUT2D eigenvalue weighted by Gasteiger charge is 2.52. The summed E-state index contributed by atoms with van der Waals surface area (Å²) >= 11 is 0. The molecule has 1 aliphatic heterocycles. The van der Waals surface area contributed by atoms with Gasteiger partial charge < -0.3 is 10.3 Å². The van der Waals surface area contributed by atoms with Gasteiger partial charge in [-0.1, -0.05) is 49.4 Å². The van der Waals surface area contributed by atoms with E-state index in [-0.39, 0.29) is 18.4 Å². The number of hydrogen-bond acceptors (Lipinski definition) is 5. The minimum atomic E-state index is -1.23. The van der Waals surface area contributed by atoms with Crippen LogP contribution in [-0.4, -0.2) is 32.8 Å². The standard InChI is InChI=1S/C22H21N5O4/c1-2-22(14-8-4-3-5-9-14)20(30)27(21(31)25-22)26-18(28)13-12-17-23-16-11-7-6-10-15(16)19(29)24-17/h3-11H,2,12-13H2,1H3,(H,25,31)(H,26,28)(H,23,24,29). The van der Waals surface area contributed by atoms with Crippen LogP contribution in [-0.2, 0) is 21.5 Å². The van der Waals surface area contributed by atoms with Crippen molar-refractivity contribution in [2.24, 2.45) is 0 Å². The monoisotopic (exact) mass is 419 g/mol. The first-order valence-electron chi connectivity index (χ1n) is 9.94. The molecule has 0 radical (unpaired) electrons. The fraction of sp³-hybridized carbons (Fsp3) is 0.227. The van der Waals surface area contributed by atoms with Crippen LogP contribution in [0.2, 0.25) is 0 Å². The summed E-state index contributed by atoms with van der Waals surface area (Å²) in [5.41, 5.74) is 2.04. The number of carbonyl (C=O) groups is 3. The topological polar surface area (TPSA) is 124 Å². The van der Waals surface area contributed by atoms with Crippen molar-refractivity contribution in [3.63, 3.8) is 0 Å². The van der Waals surface area contributed by atoms with E-state index >= 15 is 0 Å². The number of para-hydroxylation sites is 1. The summed E-state index contributed by atoms with van der Waals surface area (Å²) in [5.74, 6) is -0.737. The summed E-state index contributed by atoms with van der Waals surface area (Å²) in [6, 6.07) is 15.1. The number of H-pyrrole nitrogens is 1. The Bertz CT molecular complexity index is 1220. The molecule has 1 unspecified atom stereocenters. The molecule has 1 fully saturated rings. The Morgan fingerprint density at radius 2 is 1.77 bits per heavy atom. The van der Waals surface area contributed by atoms with Crippen LogP contribution in [0.1, 0.15) is 31.2 Å². The van der Waals surface area contributed by atoms with Crippen molar-refractivity contribution in [1.82, 2.24) is 25.7 Å². The zero-order chi connectivity index (χ0) is 22.0. The normalized spacial score (nSPS) is 18.3. The van der Waals surface area contributed by atoms with Gasteiger partial charge in [0.2, 0.25) is 5.91 Å². The predicted octanol–water partition coefficient (Wildman–Crippen LogP) is 1.74. The van der Waals surface area contributed by atoms with Gasteiger partial charge in [0.05, 0.1) is 10.9 Å². The van der Waals surface area contributed by atoms with E-state index in [0.717, 1.165) is 5.01 Å². The molecule has 0 saturated carbocycles. The maximum absolute atomic E-state index is 13.0. The summed E-state index contributed by atoms with van der Waals surface area (Å²) in [7, 11) is 0. The first-order chi connectivity index (χ1) is 14.9. The van der Waals surface area contributed by atoms with Crippen molar-refractivity contribution in [3.8, 4) is 0 Å². The molecule has 2 aromatic carbocycles. The number of benzene rings is 2. The lowest BCUT2D eigenvalue weighted by molar-refractivity contribution is -0.139. The fourth-order valence-electron chi connectivity index (χ4n) is 3.70. The third-order valence-corrected chi connectivity index (χ3v) is 5.38. The minimum Gasteiger partial charge on any atom is -0.318 e. The first kappa shape index (κ1) is 20.3. The highest BCUT2D eigenvalue weighted by Crippen LogP contribution is 2.31. The second kappa shape index (κ2) is 8.02. The van der Waals surface area contributed by atoms with Gasteiger partial charge in [0.1, 0.15) is 11.4 Å². The van der Waals surface area contributed by atoms with E-state index in [9.17, 15) is 19.2 Å². The van der Waals surface area contributed by atoms with Crippen LogP contribution in [0, 0.1) is 0 Å². The van der Waals surface area contributed by atoms with Crippen molar-refractivity contribution in [3.05, 3.63) is 76.3 Å². The Morgan fingerprint density at radius 3 is 2.52 bits per heavy atom.